The molecule has 172 valence electrons. The van der Waals surface area contributed by atoms with Gasteiger partial charge in [-0.3, -0.25) is 9.59 Å². The Morgan fingerprint density at radius 1 is 1.12 bits per heavy atom. The van der Waals surface area contributed by atoms with Gasteiger partial charge in [-0.25, -0.2) is 9.78 Å². The molecule has 1 heterocycles. The fourth-order valence-corrected chi connectivity index (χ4v) is 3.02. The minimum atomic E-state index is -0.943. The summed E-state index contributed by atoms with van der Waals surface area (Å²) in [7, 11) is 0. The lowest BCUT2D eigenvalue weighted by molar-refractivity contribution is -0.150. The minimum absolute atomic E-state index is 0.110. The molecule has 8 nitrogen and oxygen atoms in total. The van der Waals surface area contributed by atoms with Gasteiger partial charge in [0.25, 0.3) is 11.8 Å². The first-order valence-electron chi connectivity index (χ1n) is 9.94. The van der Waals surface area contributed by atoms with Crippen LogP contribution >= 0.6 is 23.2 Å². The van der Waals surface area contributed by atoms with E-state index in [0.29, 0.717) is 28.5 Å². The average molecular weight is 482 g/mol. The van der Waals surface area contributed by atoms with Crippen LogP contribution in [0.1, 0.15) is 36.7 Å². The number of nitrogens with zero attached hydrogens (tertiary/aromatic N) is 1. The van der Waals surface area contributed by atoms with Gasteiger partial charge < -0.3 is 20.1 Å². The molecule has 10 heteroatoms. The van der Waals surface area contributed by atoms with Crippen LogP contribution in [0, 0.1) is 12.8 Å². The Bertz CT molecular complexity index is 980. The van der Waals surface area contributed by atoms with Gasteiger partial charge in [0.05, 0.1) is 16.7 Å². The fraction of sp³-hybridized carbons (Fsp3) is 0.364. The van der Waals surface area contributed by atoms with Gasteiger partial charge in [0.1, 0.15) is 11.8 Å². The predicted octanol–water partition coefficient (Wildman–Crippen LogP) is 4.03. The molecule has 1 atom stereocenters. The van der Waals surface area contributed by atoms with Gasteiger partial charge in [-0.2, -0.15) is 0 Å². The van der Waals surface area contributed by atoms with Crippen molar-refractivity contribution in [3.05, 3.63) is 51.6 Å². The Labute approximate surface area is 196 Å². The maximum Gasteiger partial charge on any atom is 0.329 e. The number of nitrogens with one attached hydrogen (secondary N) is 2. The second kappa shape index (κ2) is 11.7. The Balaban J connectivity index is 1.95. The van der Waals surface area contributed by atoms with Crippen molar-refractivity contribution in [3.8, 4) is 5.75 Å². The van der Waals surface area contributed by atoms with Crippen LogP contribution in [-0.4, -0.2) is 42.0 Å². The van der Waals surface area contributed by atoms with E-state index in [1.807, 2.05) is 6.92 Å². The number of carbonyl (C=O) groups is 3. The second-order valence-electron chi connectivity index (χ2n) is 7.20. The summed E-state index contributed by atoms with van der Waals surface area (Å²) < 4.78 is 10.5. The molecule has 2 rings (SSSR count). The third-order valence-corrected chi connectivity index (χ3v) is 5.28. The number of carbonyl (C=O) groups excluding carboxylic acids is 3. The Morgan fingerprint density at radius 3 is 2.38 bits per heavy atom. The lowest BCUT2D eigenvalue weighted by atomic mass is 10.0. The first-order chi connectivity index (χ1) is 15.1. The molecule has 0 aliphatic carbocycles. The van der Waals surface area contributed by atoms with Crippen molar-refractivity contribution in [1.29, 1.82) is 0 Å². The summed E-state index contributed by atoms with van der Waals surface area (Å²) in [5, 5.41) is 5.67. The minimum Gasteiger partial charge on any atom is -0.494 e. The number of esters is 1. The van der Waals surface area contributed by atoms with E-state index in [0.717, 1.165) is 0 Å². The number of ether oxygens (including phenoxy) is 2. The number of benzene rings is 1. The zero-order valence-electron chi connectivity index (χ0n) is 18.2. The summed E-state index contributed by atoms with van der Waals surface area (Å²) in [5.74, 6) is -1.33. The van der Waals surface area contributed by atoms with E-state index in [-0.39, 0.29) is 16.8 Å². The Hall–Kier alpha value is -2.84. The molecule has 0 saturated carbocycles. The van der Waals surface area contributed by atoms with E-state index < -0.39 is 30.4 Å². The van der Waals surface area contributed by atoms with Crippen LogP contribution in [0.15, 0.2) is 30.5 Å². The first kappa shape index (κ1) is 25.4. The zero-order valence-corrected chi connectivity index (χ0v) is 19.7. The molecular formula is C22H25Cl2N3O5. The molecule has 0 radical (unpaired) electrons. The summed E-state index contributed by atoms with van der Waals surface area (Å²) in [6, 6.07) is 5.59. The SMILES string of the molecule is CCOc1ccc(C(=O)NC(C(=O)OCC(=O)Nc2ncc(Cl)c(C)c2Cl)C(C)C)cc1. The lowest BCUT2D eigenvalue weighted by Crippen LogP contribution is -2.45. The predicted molar refractivity (Wildman–Crippen MR) is 122 cm³/mol. The molecule has 0 spiro atoms. The quantitative estimate of drug-likeness (QED) is 0.523. The van der Waals surface area contributed by atoms with Crippen LogP contribution in [-0.2, 0) is 14.3 Å². The van der Waals surface area contributed by atoms with Crippen molar-refractivity contribution in [2.75, 3.05) is 18.5 Å². The van der Waals surface area contributed by atoms with Crippen LogP contribution in [0.3, 0.4) is 0 Å². The van der Waals surface area contributed by atoms with Crippen LogP contribution < -0.4 is 15.4 Å². The molecule has 0 fully saturated rings. The van der Waals surface area contributed by atoms with E-state index in [4.69, 9.17) is 32.7 Å². The second-order valence-corrected chi connectivity index (χ2v) is 7.99. The fourth-order valence-electron chi connectivity index (χ4n) is 2.63. The summed E-state index contributed by atoms with van der Waals surface area (Å²) in [6.07, 6.45) is 1.36. The van der Waals surface area contributed by atoms with Crippen molar-refractivity contribution < 1.29 is 23.9 Å². The molecule has 2 N–H and O–H groups in total. The monoisotopic (exact) mass is 481 g/mol. The molecule has 0 aliphatic rings. The maximum atomic E-state index is 12.5. The standard InChI is InChI=1S/C22H25Cl2N3O5/c1-5-31-15-8-6-14(7-9-15)21(29)27-19(12(2)3)22(30)32-11-17(28)26-20-18(24)13(4)16(23)10-25-20/h6-10,12,19H,5,11H2,1-4H3,(H,27,29)(H,25,26,28). The normalized spacial score (nSPS) is 11.6. The number of hydrogen-bond acceptors (Lipinski definition) is 6. The van der Waals surface area contributed by atoms with E-state index in [1.54, 1.807) is 45.0 Å². The number of halogens is 2. The topological polar surface area (TPSA) is 107 Å². The van der Waals surface area contributed by atoms with Crippen molar-refractivity contribution >= 4 is 46.8 Å². The summed E-state index contributed by atoms with van der Waals surface area (Å²) in [5.41, 5.74) is 0.927. The first-order valence-corrected chi connectivity index (χ1v) is 10.7. The van der Waals surface area contributed by atoms with Crippen LogP contribution in [0.4, 0.5) is 5.82 Å². The van der Waals surface area contributed by atoms with Crippen LogP contribution in [0.2, 0.25) is 10.0 Å². The molecule has 2 amide bonds. The number of pyridine rings is 1. The molecular weight excluding hydrogens is 457 g/mol. The molecule has 0 saturated heterocycles. The van der Waals surface area contributed by atoms with E-state index in [1.165, 1.54) is 6.20 Å². The Morgan fingerprint density at radius 2 is 1.78 bits per heavy atom. The van der Waals surface area contributed by atoms with Crippen molar-refractivity contribution in [2.24, 2.45) is 5.92 Å². The molecule has 1 aromatic carbocycles. The zero-order chi connectivity index (χ0) is 23.8. The van der Waals surface area contributed by atoms with Crippen molar-refractivity contribution in [2.45, 2.75) is 33.7 Å². The molecule has 2 aromatic rings. The maximum absolute atomic E-state index is 12.5. The third kappa shape index (κ3) is 6.83. The van der Waals surface area contributed by atoms with Gasteiger partial charge in [0.15, 0.2) is 12.4 Å². The number of hydrogen-bond donors (Lipinski definition) is 2. The van der Waals surface area contributed by atoms with Gasteiger partial charge >= 0.3 is 5.97 Å². The van der Waals surface area contributed by atoms with Gasteiger partial charge in [-0.05, 0) is 49.6 Å². The van der Waals surface area contributed by atoms with Gasteiger partial charge in [-0.15, -0.1) is 0 Å². The molecule has 1 aromatic heterocycles. The lowest BCUT2D eigenvalue weighted by Gasteiger charge is -2.21. The van der Waals surface area contributed by atoms with Gasteiger partial charge in [-0.1, -0.05) is 37.0 Å². The smallest absolute Gasteiger partial charge is 0.329 e. The number of rotatable bonds is 9. The van der Waals surface area contributed by atoms with Gasteiger partial charge in [0, 0.05) is 11.8 Å². The van der Waals surface area contributed by atoms with Crippen molar-refractivity contribution in [3.63, 3.8) is 0 Å². The summed E-state index contributed by atoms with van der Waals surface area (Å²) >= 11 is 12.0. The highest BCUT2D eigenvalue weighted by atomic mass is 35.5. The van der Waals surface area contributed by atoms with Crippen molar-refractivity contribution in [1.82, 2.24) is 10.3 Å². The number of anilines is 1. The summed E-state index contributed by atoms with van der Waals surface area (Å²) in [6.45, 7) is 7.00. The highest BCUT2D eigenvalue weighted by molar-refractivity contribution is 6.37. The average Bonchev–Trinajstić information content (AvgIpc) is 2.76. The van der Waals surface area contributed by atoms with Gasteiger partial charge in [0.2, 0.25) is 0 Å². The molecule has 1 unspecified atom stereocenters. The van der Waals surface area contributed by atoms with E-state index >= 15 is 0 Å². The largest absolute Gasteiger partial charge is 0.494 e. The molecule has 0 bridgehead atoms. The van der Waals surface area contributed by atoms with E-state index in [9.17, 15) is 14.4 Å². The van der Waals surface area contributed by atoms with Crippen LogP contribution in [0.5, 0.6) is 5.75 Å². The summed E-state index contributed by atoms with van der Waals surface area (Å²) in [4.78, 5) is 41.2. The van der Waals surface area contributed by atoms with Crippen LogP contribution in [0.25, 0.3) is 0 Å². The van der Waals surface area contributed by atoms with E-state index in [2.05, 4.69) is 15.6 Å². The number of aromatic nitrogens is 1. The highest BCUT2D eigenvalue weighted by Crippen LogP contribution is 2.28. The molecule has 0 aliphatic heterocycles. The molecule has 32 heavy (non-hydrogen) atoms. The number of amides is 2. The Kier molecular flexibility index (Phi) is 9.28. The highest BCUT2D eigenvalue weighted by Gasteiger charge is 2.27. The third-order valence-electron chi connectivity index (χ3n) is 4.44.